The van der Waals surface area contributed by atoms with E-state index in [0.717, 1.165) is 0 Å². The standard InChI is InChI=1S/C28H45.Sn/c1-9-25(10-2)19-26(11-3,12-4)22-18-24-23(17-21(22)25)27(13-5,14-6)20-28(24,15-7)16-8;/h17H,9-16,19-20H2,1-8H3;. The summed E-state index contributed by atoms with van der Waals surface area (Å²) in [6.07, 6.45) is 13.2. The molecule has 0 heterocycles. The maximum absolute atomic E-state index is 2.80. The minimum absolute atomic E-state index is 0.401. The van der Waals surface area contributed by atoms with Gasteiger partial charge in [-0.15, -0.1) is 0 Å². The predicted octanol–water partition coefficient (Wildman–Crippen LogP) is 7.52. The second kappa shape index (κ2) is 8.18. The van der Waals surface area contributed by atoms with Gasteiger partial charge < -0.3 is 0 Å². The van der Waals surface area contributed by atoms with E-state index < -0.39 is 0 Å². The van der Waals surface area contributed by atoms with Crippen LogP contribution in [-0.4, -0.2) is 22.5 Å². The SMILES string of the molecule is CCC1(CC)CC(CC)(CC)c2c1cc1c([c]2[Sn])C(CC)(CC)CC1(CC)CC. The summed E-state index contributed by atoms with van der Waals surface area (Å²) < 4.78 is 1.80. The molecule has 0 spiro atoms. The van der Waals surface area contributed by atoms with Gasteiger partial charge in [-0.1, -0.05) is 0 Å². The van der Waals surface area contributed by atoms with Gasteiger partial charge in [-0.05, 0) is 0 Å². The Kier molecular flexibility index (Phi) is 6.67. The van der Waals surface area contributed by atoms with Crippen molar-refractivity contribution in [2.75, 3.05) is 0 Å². The molecule has 0 nitrogen and oxygen atoms in total. The Morgan fingerprint density at radius 1 is 0.552 bits per heavy atom. The normalized spacial score (nSPS) is 22.5. The van der Waals surface area contributed by atoms with Crippen molar-refractivity contribution in [1.29, 1.82) is 0 Å². The van der Waals surface area contributed by atoms with Gasteiger partial charge in [0.15, 0.2) is 0 Å². The predicted molar refractivity (Wildman–Crippen MR) is 130 cm³/mol. The third kappa shape index (κ3) is 2.96. The van der Waals surface area contributed by atoms with E-state index in [9.17, 15) is 0 Å². The molecule has 0 saturated heterocycles. The van der Waals surface area contributed by atoms with E-state index in [-0.39, 0.29) is 0 Å². The Bertz CT molecular complexity index is 680. The zero-order valence-corrected chi connectivity index (χ0v) is 23.5. The molecular weight excluding hydrogens is 455 g/mol. The van der Waals surface area contributed by atoms with E-state index in [1.807, 2.05) is 11.1 Å². The monoisotopic (exact) mass is 501 g/mol. The summed E-state index contributed by atoms with van der Waals surface area (Å²) in [6.45, 7) is 19.7. The van der Waals surface area contributed by atoms with Gasteiger partial charge in [-0.25, -0.2) is 0 Å². The van der Waals surface area contributed by atoms with Gasteiger partial charge in [-0.3, -0.25) is 0 Å². The van der Waals surface area contributed by atoms with Crippen molar-refractivity contribution in [1.82, 2.24) is 0 Å². The van der Waals surface area contributed by atoms with Crippen molar-refractivity contribution in [3.63, 3.8) is 0 Å². The number of rotatable bonds is 8. The second-order valence-corrected chi connectivity index (χ2v) is 11.8. The number of hydrogen-bond donors (Lipinski definition) is 0. The molecule has 3 radical (unpaired) electrons. The second-order valence-electron chi connectivity index (χ2n) is 10.4. The molecular formula is C28H45Sn. The van der Waals surface area contributed by atoms with Crippen molar-refractivity contribution in [3.8, 4) is 0 Å². The zero-order chi connectivity index (χ0) is 21.7. The Balaban J connectivity index is 2.46. The van der Waals surface area contributed by atoms with Gasteiger partial charge in [-0.2, -0.15) is 0 Å². The molecule has 0 fully saturated rings. The molecule has 29 heavy (non-hydrogen) atoms. The van der Waals surface area contributed by atoms with Crippen LogP contribution in [-0.2, 0) is 21.7 Å². The van der Waals surface area contributed by atoms with E-state index >= 15 is 0 Å². The van der Waals surface area contributed by atoms with Crippen LogP contribution in [0.4, 0.5) is 0 Å². The van der Waals surface area contributed by atoms with Crippen molar-refractivity contribution >= 4 is 26.1 Å². The van der Waals surface area contributed by atoms with Crippen molar-refractivity contribution < 1.29 is 0 Å². The summed E-state index contributed by atoms with van der Waals surface area (Å²) in [5.41, 5.74) is 8.85. The van der Waals surface area contributed by atoms with Crippen LogP contribution in [0.2, 0.25) is 0 Å². The first-order valence-corrected chi connectivity index (χ1v) is 14.2. The molecule has 2 aliphatic carbocycles. The summed E-state index contributed by atoms with van der Waals surface area (Å²) >= 11 is 1.67. The molecule has 161 valence electrons. The van der Waals surface area contributed by atoms with Gasteiger partial charge in [0.1, 0.15) is 0 Å². The van der Waals surface area contributed by atoms with E-state index in [2.05, 4.69) is 61.5 Å². The Morgan fingerprint density at radius 3 is 1.07 bits per heavy atom. The molecule has 0 amide bonds. The van der Waals surface area contributed by atoms with Crippen molar-refractivity contribution in [2.24, 2.45) is 0 Å². The number of benzene rings is 1. The van der Waals surface area contributed by atoms with Crippen LogP contribution >= 0.6 is 0 Å². The average Bonchev–Trinajstić information content (AvgIpc) is 3.23. The molecule has 1 heteroatoms. The molecule has 1 aromatic carbocycles. The van der Waals surface area contributed by atoms with Crippen LogP contribution < -0.4 is 3.58 Å². The van der Waals surface area contributed by atoms with Crippen molar-refractivity contribution in [3.05, 3.63) is 28.3 Å². The zero-order valence-electron chi connectivity index (χ0n) is 20.6. The summed E-state index contributed by atoms with van der Waals surface area (Å²) in [5, 5.41) is 0. The summed E-state index contributed by atoms with van der Waals surface area (Å²) in [5.74, 6) is 0. The fourth-order valence-electron chi connectivity index (χ4n) is 7.75. The minimum atomic E-state index is 0.401. The number of hydrogen-bond acceptors (Lipinski definition) is 0. The van der Waals surface area contributed by atoms with Crippen LogP contribution in [0.5, 0.6) is 0 Å². The van der Waals surface area contributed by atoms with Crippen LogP contribution in [0.3, 0.4) is 0 Å². The van der Waals surface area contributed by atoms with E-state index in [0.29, 0.717) is 21.7 Å². The first-order valence-electron chi connectivity index (χ1n) is 12.7. The summed E-state index contributed by atoms with van der Waals surface area (Å²) in [7, 11) is 0. The fourth-order valence-corrected chi connectivity index (χ4v) is 10.0. The Hall–Kier alpha value is 0.0187. The van der Waals surface area contributed by atoms with Gasteiger partial charge >= 0.3 is 196 Å². The average molecular weight is 500 g/mol. The van der Waals surface area contributed by atoms with Gasteiger partial charge in [0, 0.05) is 0 Å². The van der Waals surface area contributed by atoms with Crippen molar-refractivity contribution in [2.45, 2.75) is 141 Å². The van der Waals surface area contributed by atoms with E-state index in [1.165, 1.54) is 64.2 Å². The van der Waals surface area contributed by atoms with Crippen LogP contribution in [0.1, 0.15) is 142 Å². The third-order valence-electron chi connectivity index (χ3n) is 10.3. The maximum atomic E-state index is 2.80. The molecule has 0 bridgehead atoms. The van der Waals surface area contributed by atoms with E-state index in [1.54, 1.807) is 37.2 Å². The van der Waals surface area contributed by atoms with Crippen LogP contribution in [0.15, 0.2) is 6.07 Å². The Morgan fingerprint density at radius 2 is 0.828 bits per heavy atom. The third-order valence-corrected chi connectivity index (χ3v) is 11.7. The molecule has 3 rings (SSSR count). The van der Waals surface area contributed by atoms with Gasteiger partial charge in [0.05, 0.1) is 0 Å². The molecule has 0 aromatic heterocycles. The Labute approximate surface area is 195 Å². The quantitative estimate of drug-likeness (QED) is 0.324. The summed E-state index contributed by atoms with van der Waals surface area (Å²) in [6, 6.07) is 2.80. The molecule has 0 saturated carbocycles. The van der Waals surface area contributed by atoms with E-state index in [4.69, 9.17) is 0 Å². The first kappa shape index (κ1) is 23.7. The molecule has 0 N–H and O–H groups in total. The fraction of sp³-hybridized carbons (Fsp3) is 0.786. The molecule has 0 unspecified atom stereocenters. The molecule has 0 aliphatic heterocycles. The van der Waals surface area contributed by atoms with Crippen LogP contribution in [0.25, 0.3) is 0 Å². The first-order chi connectivity index (χ1) is 13.8. The number of fused-ring (bicyclic) bond motifs is 2. The molecule has 0 atom stereocenters. The van der Waals surface area contributed by atoms with Gasteiger partial charge in [0.2, 0.25) is 0 Å². The molecule has 1 aromatic rings. The summed E-state index contributed by atoms with van der Waals surface area (Å²) in [4.78, 5) is 0. The van der Waals surface area contributed by atoms with Crippen LogP contribution in [0, 0.1) is 0 Å². The molecule has 2 aliphatic rings. The van der Waals surface area contributed by atoms with Gasteiger partial charge in [0.25, 0.3) is 0 Å². The topological polar surface area (TPSA) is 0 Å².